The lowest BCUT2D eigenvalue weighted by Crippen LogP contribution is -2.30. The van der Waals surface area contributed by atoms with Crippen molar-refractivity contribution in [1.82, 2.24) is 10.3 Å². The van der Waals surface area contributed by atoms with Crippen LogP contribution in [0.1, 0.15) is 43.9 Å². The van der Waals surface area contributed by atoms with E-state index < -0.39 is 0 Å². The van der Waals surface area contributed by atoms with Gasteiger partial charge in [-0.15, -0.1) is 0 Å². The quantitative estimate of drug-likeness (QED) is 0.869. The van der Waals surface area contributed by atoms with Crippen LogP contribution in [-0.2, 0) is 6.54 Å². The molecule has 2 bridgehead atoms. The summed E-state index contributed by atoms with van der Waals surface area (Å²) >= 11 is 0. The predicted octanol–water partition coefficient (Wildman–Crippen LogP) is 3.37. The third-order valence-electron chi connectivity index (χ3n) is 5.47. The Bertz CT molecular complexity index is 485. The minimum absolute atomic E-state index is 0.911. The van der Waals surface area contributed by atoms with Crippen LogP contribution in [0, 0.1) is 24.7 Å². The number of aromatic nitrogens is 1. The second-order valence-corrected chi connectivity index (χ2v) is 7.05. The van der Waals surface area contributed by atoms with Crippen molar-refractivity contribution in [2.45, 2.75) is 46.1 Å². The Labute approximate surface area is 129 Å². The average molecular weight is 287 g/mol. The molecular weight excluding hydrogens is 258 g/mol. The van der Waals surface area contributed by atoms with E-state index in [1.807, 2.05) is 6.20 Å². The first kappa shape index (κ1) is 14.8. The molecule has 0 aromatic carbocycles. The van der Waals surface area contributed by atoms with Crippen molar-refractivity contribution in [2.75, 3.05) is 25.0 Å². The van der Waals surface area contributed by atoms with E-state index in [2.05, 4.69) is 42.2 Å². The molecule has 3 rings (SSSR count). The number of nitrogens with zero attached hydrogens (tertiary/aromatic N) is 2. The van der Waals surface area contributed by atoms with Gasteiger partial charge in [0.25, 0.3) is 0 Å². The summed E-state index contributed by atoms with van der Waals surface area (Å²) in [5.74, 6) is 2.95. The number of nitrogens with one attached hydrogen (secondary N) is 1. The predicted molar refractivity (Wildman–Crippen MR) is 88.6 cm³/mol. The number of aryl methyl sites for hydroxylation is 1. The van der Waals surface area contributed by atoms with Gasteiger partial charge in [0, 0.05) is 43.3 Å². The monoisotopic (exact) mass is 287 g/mol. The molecule has 21 heavy (non-hydrogen) atoms. The summed E-state index contributed by atoms with van der Waals surface area (Å²) in [4.78, 5) is 6.96. The number of pyridine rings is 1. The van der Waals surface area contributed by atoms with E-state index in [1.54, 1.807) is 0 Å². The van der Waals surface area contributed by atoms with Crippen LogP contribution in [0.3, 0.4) is 0 Å². The highest BCUT2D eigenvalue weighted by Crippen LogP contribution is 2.48. The van der Waals surface area contributed by atoms with E-state index in [4.69, 9.17) is 0 Å². The zero-order chi connectivity index (χ0) is 14.8. The minimum Gasteiger partial charge on any atom is -0.374 e. The van der Waals surface area contributed by atoms with Crippen LogP contribution in [0.2, 0.25) is 0 Å². The lowest BCUT2D eigenvalue weighted by Gasteiger charge is -2.30. The summed E-state index contributed by atoms with van der Waals surface area (Å²) in [6.07, 6.45) is 7.97. The van der Waals surface area contributed by atoms with E-state index in [1.165, 1.54) is 43.5 Å². The summed E-state index contributed by atoms with van der Waals surface area (Å²) in [6, 6.07) is 2.25. The van der Waals surface area contributed by atoms with Gasteiger partial charge in [-0.25, -0.2) is 0 Å². The number of anilines is 1. The van der Waals surface area contributed by atoms with E-state index in [0.717, 1.165) is 36.5 Å². The van der Waals surface area contributed by atoms with E-state index in [9.17, 15) is 0 Å². The molecule has 1 aromatic rings. The Balaban J connectivity index is 1.70. The first-order chi connectivity index (χ1) is 10.2. The lowest BCUT2D eigenvalue weighted by molar-refractivity contribution is 0.337. The molecule has 2 aliphatic rings. The molecule has 0 aliphatic heterocycles. The molecule has 2 aliphatic carbocycles. The third kappa shape index (κ3) is 3.23. The molecule has 1 N–H and O–H groups in total. The van der Waals surface area contributed by atoms with Crippen LogP contribution in [0.5, 0.6) is 0 Å². The Morgan fingerprint density at radius 3 is 2.86 bits per heavy atom. The van der Waals surface area contributed by atoms with E-state index in [-0.39, 0.29) is 0 Å². The second-order valence-electron chi connectivity index (χ2n) is 7.05. The van der Waals surface area contributed by atoms with Crippen molar-refractivity contribution in [1.29, 1.82) is 0 Å². The summed E-state index contributed by atoms with van der Waals surface area (Å²) in [5.41, 5.74) is 3.81. The van der Waals surface area contributed by atoms with Crippen molar-refractivity contribution in [3.05, 3.63) is 23.5 Å². The Morgan fingerprint density at radius 2 is 2.19 bits per heavy atom. The zero-order valence-corrected chi connectivity index (χ0v) is 13.7. The summed E-state index contributed by atoms with van der Waals surface area (Å²) in [5, 5.41) is 3.43. The molecule has 0 saturated heterocycles. The second kappa shape index (κ2) is 6.35. The van der Waals surface area contributed by atoms with Crippen LogP contribution in [-0.4, -0.2) is 25.1 Å². The highest BCUT2D eigenvalue weighted by Gasteiger charge is 2.39. The highest BCUT2D eigenvalue weighted by molar-refractivity contribution is 5.53. The maximum atomic E-state index is 4.48. The van der Waals surface area contributed by atoms with Crippen LogP contribution < -0.4 is 10.2 Å². The molecular formula is C18H29N3. The lowest BCUT2D eigenvalue weighted by atomic mass is 9.88. The van der Waals surface area contributed by atoms with Gasteiger partial charge in [-0.2, -0.15) is 0 Å². The molecule has 2 saturated carbocycles. The van der Waals surface area contributed by atoms with Gasteiger partial charge < -0.3 is 10.2 Å². The van der Waals surface area contributed by atoms with Crippen molar-refractivity contribution in [3.8, 4) is 0 Å². The molecule has 1 aromatic heterocycles. The van der Waals surface area contributed by atoms with Gasteiger partial charge in [0.1, 0.15) is 0 Å². The Hall–Kier alpha value is -1.09. The van der Waals surface area contributed by atoms with Crippen molar-refractivity contribution in [3.63, 3.8) is 0 Å². The topological polar surface area (TPSA) is 28.2 Å². The fraction of sp³-hybridized carbons (Fsp3) is 0.722. The van der Waals surface area contributed by atoms with Crippen LogP contribution in [0.4, 0.5) is 5.69 Å². The fourth-order valence-electron chi connectivity index (χ4n) is 4.38. The van der Waals surface area contributed by atoms with Gasteiger partial charge in [-0.3, -0.25) is 4.98 Å². The van der Waals surface area contributed by atoms with E-state index in [0.29, 0.717) is 0 Å². The van der Waals surface area contributed by atoms with Crippen LogP contribution in [0.15, 0.2) is 12.3 Å². The summed E-state index contributed by atoms with van der Waals surface area (Å²) in [6.45, 7) is 7.37. The van der Waals surface area contributed by atoms with Crippen molar-refractivity contribution in [2.24, 2.45) is 17.8 Å². The van der Waals surface area contributed by atoms with Crippen molar-refractivity contribution < 1.29 is 0 Å². The van der Waals surface area contributed by atoms with Crippen molar-refractivity contribution >= 4 is 5.69 Å². The molecule has 0 spiro atoms. The Morgan fingerprint density at radius 1 is 1.33 bits per heavy atom. The van der Waals surface area contributed by atoms with Crippen LogP contribution >= 0.6 is 0 Å². The van der Waals surface area contributed by atoms with Gasteiger partial charge in [0.2, 0.25) is 0 Å². The molecule has 3 unspecified atom stereocenters. The van der Waals surface area contributed by atoms with Gasteiger partial charge in [0.15, 0.2) is 0 Å². The minimum atomic E-state index is 0.911. The molecule has 0 radical (unpaired) electrons. The maximum absolute atomic E-state index is 4.48. The standard InChI is InChI=1S/C18H29N3/c1-4-19-10-17-11-20-13(2)7-18(17)21(3)12-16-9-14-5-6-15(16)8-14/h7,11,14-16,19H,4-6,8-10,12H2,1-3H3. The van der Waals surface area contributed by atoms with Gasteiger partial charge in [0.05, 0.1) is 0 Å². The maximum Gasteiger partial charge on any atom is 0.0443 e. The van der Waals surface area contributed by atoms with Gasteiger partial charge in [-0.1, -0.05) is 13.3 Å². The average Bonchev–Trinajstić information content (AvgIpc) is 3.08. The largest absolute Gasteiger partial charge is 0.374 e. The molecule has 0 amide bonds. The summed E-state index contributed by atoms with van der Waals surface area (Å²) in [7, 11) is 2.26. The molecule has 3 heteroatoms. The third-order valence-corrected chi connectivity index (χ3v) is 5.47. The number of hydrogen-bond donors (Lipinski definition) is 1. The first-order valence-electron chi connectivity index (χ1n) is 8.54. The highest BCUT2D eigenvalue weighted by atomic mass is 15.1. The molecule has 1 heterocycles. The fourth-order valence-corrected chi connectivity index (χ4v) is 4.38. The molecule has 2 fully saturated rings. The number of fused-ring (bicyclic) bond motifs is 2. The van der Waals surface area contributed by atoms with Gasteiger partial charge >= 0.3 is 0 Å². The zero-order valence-electron chi connectivity index (χ0n) is 13.7. The molecule has 116 valence electrons. The normalized spacial score (nSPS) is 27.3. The van der Waals surface area contributed by atoms with Crippen LogP contribution in [0.25, 0.3) is 0 Å². The SMILES string of the molecule is CCNCc1cnc(C)cc1N(C)CC1CC2CCC1C2. The number of hydrogen-bond acceptors (Lipinski definition) is 3. The van der Waals surface area contributed by atoms with Gasteiger partial charge in [-0.05, 0) is 56.6 Å². The first-order valence-corrected chi connectivity index (χ1v) is 8.54. The molecule has 3 atom stereocenters. The summed E-state index contributed by atoms with van der Waals surface area (Å²) < 4.78 is 0. The number of rotatable bonds is 6. The smallest absolute Gasteiger partial charge is 0.0443 e. The Kier molecular flexibility index (Phi) is 4.48. The molecule has 3 nitrogen and oxygen atoms in total. The van der Waals surface area contributed by atoms with E-state index >= 15 is 0 Å².